The highest BCUT2D eigenvalue weighted by atomic mass is 16.7. The van der Waals surface area contributed by atoms with E-state index in [0.29, 0.717) is 0 Å². The van der Waals surface area contributed by atoms with Gasteiger partial charge in [-0.1, -0.05) is 36.8 Å². The Morgan fingerprint density at radius 2 is 1.88 bits per heavy atom. The zero-order valence-corrected chi connectivity index (χ0v) is 9.13. The highest BCUT2D eigenvalue weighted by molar-refractivity contribution is 5.57. The molecule has 16 heavy (non-hydrogen) atoms. The monoisotopic (exact) mass is 220 g/mol. The van der Waals surface area contributed by atoms with E-state index < -0.39 is 6.16 Å². The van der Waals surface area contributed by atoms with Crippen LogP contribution in [-0.2, 0) is 4.74 Å². The minimum atomic E-state index is -1.16. The molecule has 0 aromatic heterocycles. The van der Waals surface area contributed by atoms with Gasteiger partial charge in [0.15, 0.2) is 0 Å². The molecular weight excluding hydrogens is 204 g/mol. The van der Waals surface area contributed by atoms with Gasteiger partial charge in [0.05, 0.1) is 0 Å². The minimum absolute atomic E-state index is 0.173. The lowest BCUT2D eigenvalue weighted by atomic mass is 9.81. The third-order valence-corrected chi connectivity index (χ3v) is 3.18. The fraction of sp³-hybridized carbons (Fsp3) is 0.462. The van der Waals surface area contributed by atoms with E-state index in [1.54, 1.807) is 0 Å². The lowest BCUT2D eigenvalue weighted by molar-refractivity contribution is 0.0250. The van der Waals surface area contributed by atoms with Crippen LogP contribution in [0.4, 0.5) is 4.79 Å². The molecule has 1 N–H and O–H groups in total. The van der Waals surface area contributed by atoms with Crippen molar-refractivity contribution in [3.63, 3.8) is 0 Å². The van der Waals surface area contributed by atoms with Crippen molar-refractivity contribution in [3.05, 3.63) is 35.9 Å². The molecule has 0 spiro atoms. The third kappa shape index (κ3) is 2.54. The summed E-state index contributed by atoms with van der Waals surface area (Å²) in [6, 6.07) is 10.0. The van der Waals surface area contributed by atoms with Gasteiger partial charge >= 0.3 is 6.16 Å². The molecule has 1 aliphatic rings. The molecular formula is C13H16O3. The molecule has 0 bridgehead atoms. The van der Waals surface area contributed by atoms with Crippen LogP contribution in [0.1, 0.15) is 37.2 Å². The summed E-state index contributed by atoms with van der Waals surface area (Å²) in [5, 5.41) is 8.71. The normalized spacial score (nSPS) is 25.0. The van der Waals surface area contributed by atoms with Crippen LogP contribution in [0, 0.1) is 0 Å². The highest BCUT2D eigenvalue weighted by Gasteiger charge is 2.29. The Bertz CT molecular complexity index is 347. The number of rotatable bonds is 2. The van der Waals surface area contributed by atoms with Crippen LogP contribution in [0.2, 0.25) is 0 Å². The number of hydrogen-bond donors (Lipinski definition) is 1. The standard InChI is InChI=1S/C13H16O3/c14-13(15)16-12-9-5-4-8-11(12)10-6-2-1-3-7-10/h1-3,6-7,11-12H,4-5,8-9H2,(H,14,15)/t11-,12+/m1/s1. The largest absolute Gasteiger partial charge is 0.506 e. The Kier molecular flexibility index (Phi) is 3.44. The Balaban J connectivity index is 2.13. The van der Waals surface area contributed by atoms with Gasteiger partial charge in [0, 0.05) is 5.92 Å². The first-order chi connectivity index (χ1) is 7.77. The van der Waals surface area contributed by atoms with E-state index in [2.05, 4.69) is 0 Å². The molecule has 3 heteroatoms. The van der Waals surface area contributed by atoms with Crippen LogP contribution in [0.3, 0.4) is 0 Å². The van der Waals surface area contributed by atoms with Crippen LogP contribution in [0.25, 0.3) is 0 Å². The van der Waals surface area contributed by atoms with Crippen molar-refractivity contribution in [2.75, 3.05) is 0 Å². The average Bonchev–Trinajstić information content (AvgIpc) is 2.30. The van der Waals surface area contributed by atoms with Crippen molar-refractivity contribution >= 4 is 6.16 Å². The summed E-state index contributed by atoms with van der Waals surface area (Å²) in [5.41, 5.74) is 1.19. The van der Waals surface area contributed by atoms with Crippen molar-refractivity contribution in [3.8, 4) is 0 Å². The van der Waals surface area contributed by atoms with Crippen molar-refractivity contribution in [2.45, 2.75) is 37.7 Å². The zero-order valence-electron chi connectivity index (χ0n) is 9.13. The Morgan fingerprint density at radius 3 is 2.56 bits per heavy atom. The number of hydrogen-bond acceptors (Lipinski definition) is 2. The second-order valence-electron chi connectivity index (χ2n) is 4.22. The summed E-state index contributed by atoms with van der Waals surface area (Å²) < 4.78 is 4.97. The van der Waals surface area contributed by atoms with Gasteiger partial charge in [-0.2, -0.15) is 0 Å². The van der Waals surface area contributed by atoms with Crippen LogP contribution in [0.5, 0.6) is 0 Å². The maximum absolute atomic E-state index is 10.6. The molecule has 0 radical (unpaired) electrons. The van der Waals surface area contributed by atoms with E-state index in [0.717, 1.165) is 25.7 Å². The molecule has 0 heterocycles. The van der Waals surface area contributed by atoms with Gasteiger partial charge in [0.25, 0.3) is 0 Å². The highest BCUT2D eigenvalue weighted by Crippen LogP contribution is 2.34. The molecule has 2 rings (SSSR count). The van der Waals surface area contributed by atoms with Crippen molar-refractivity contribution in [1.82, 2.24) is 0 Å². The van der Waals surface area contributed by atoms with Gasteiger partial charge in [-0.25, -0.2) is 4.79 Å². The topological polar surface area (TPSA) is 46.5 Å². The molecule has 3 nitrogen and oxygen atoms in total. The Hall–Kier alpha value is -1.51. The van der Waals surface area contributed by atoms with Crippen LogP contribution >= 0.6 is 0 Å². The third-order valence-electron chi connectivity index (χ3n) is 3.18. The number of ether oxygens (including phenoxy) is 1. The van der Waals surface area contributed by atoms with Crippen LogP contribution in [0.15, 0.2) is 30.3 Å². The summed E-state index contributed by atoms with van der Waals surface area (Å²) in [7, 11) is 0. The van der Waals surface area contributed by atoms with E-state index in [1.807, 2.05) is 30.3 Å². The van der Waals surface area contributed by atoms with E-state index >= 15 is 0 Å². The van der Waals surface area contributed by atoms with Gasteiger partial charge in [-0.05, 0) is 24.8 Å². The molecule has 2 atom stereocenters. The first-order valence-electron chi connectivity index (χ1n) is 5.72. The fourth-order valence-corrected chi connectivity index (χ4v) is 2.45. The lowest BCUT2D eigenvalue weighted by Gasteiger charge is -2.30. The number of benzene rings is 1. The first kappa shape index (κ1) is 11.0. The number of carbonyl (C=O) groups is 1. The lowest BCUT2D eigenvalue weighted by Crippen LogP contribution is -2.28. The van der Waals surface area contributed by atoms with Crippen molar-refractivity contribution < 1.29 is 14.6 Å². The SMILES string of the molecule is O=C(O)O[C@H]1CCCC[C@@H]1c1ccccc1. The number of carboxylic acid groups (broad SMARTS) is 1. The molecule has 0 unspecified atom stereocenters. The smallest absolute Gasteiger partial charge is 0.450 e. The quantitative estimate of drug-likeness (QED) is 0.777. The maximum atomic E-state index is 10.6. The fourth-order valence-electron chi connectivity index (χ4n) is 2.45. The Labute approximate surface area is 95.0 Å². The summed E-state index contributed by atoms with van der Waals surface area (Å²) >= 11 is 0. The van der Waals surface area contributed by atoms with Crippen molar-refractivity contribution in [1.29, 1.82) is 0 Å². The maximum Gasteiger partial charge on any atom is 0.506 e. The molecule has 0 aliphatic heterocycles. The zero-order chi connectivity index (χ0) is 11.4. The minimum Gasteiger partial charge on any atom is -0.450 e. The summed E-state index contributed by atoms with van der Waals surface area (Å²) in [6.45, 7) is 0. The van der Waals surface area contributed by atoms with E-state index in [-0.39, 0.29) is 12.0 Å². The van der Waals surface area contributed by atoms with Gasteiger partial charge in [0.1, 0.15) is 6.10 Å². The summed E-state index contributed by atoms with van der Waals surface area (Å²) in [6.07, 6.45) is 2.73. The second-order valence-corrected chi connectivity index (χ2v) is 4.22. The molecule has 86 valence electrons. The van der Waals surface area contributed by atoms with E-state index in [4.69, 9.17) is 9.84 Å². The molecule has 1 aliphatic carbocycles. The van der Waals surface area contributed by atoms with Gasteiger partial charge < -0.3 is 9.84 Å². The van der Waals surface area contributed by atoms with Crippen LogP contribution < -0.4 is 0 Å². The predicted molar refractivity (Wildman–Crippen MR) is 60.5 cm³/mol. The van der Waals surface area contributed by atoms with E-state index in [1.165, 1.54) is 5.56 Å². The molecule has 0 amide bonds. The average molecular weight is 220 g/mol. The molecule has 1 aromatic rings. The summed E-state index contributed by atoms with van der Waals surface area (Å²) in [4.78, 5) is 10.6. The van der Waals surface area contributed by atoms with E-state index in [9.17, 15) is 4.79 Å². The predicted octanol–water partition coefficient (Wildman–Crippen LogP) is 3.41. The van der Waals surface area contributed by atoms with Crippen LogP contribution in [-0.4, -0.2) is 17.4 Å². The molecule has 1 fully saturated rings. The molecule has 1 aromatic carbocycles. The molecule has 1 saturated carbocycles. The summed E-state index contributed by atoms with van der Waals surface area (Å²) in [5.74, 6) is 0.228. The first-order valence-corrected chi connectivity index (χ1v) is 5.72. The van der Waals surface area contributed by atoms with Gasteiger partial charge in [0.2, 0.25) is 0 Å². The van der Waals surface area contributed by atoms with Gasteiger partial charge in [-0.15, -0.1) is 0 Å². The Morgan fingerprint density at radius 1 is 1.19 bits per heavy atom. The van der Waals surface area contributed by atoms with Gasteiger partial charge in [-0.3, -0.25) is 0 Å². The second kappa shape index (κ2) is 5.01. The van der Waals surface area contributed by atoms with Crippen molar-refractivity contribution in [2.24, 2.45) is 0 Å². The molecule has 0 saturated heterocycles.